The number of nitrogens with zero attached hydrogens (tertiary/aromatic N) is 1. The fourth-order valence-electron chi connectivity index (χ4n) is 3.62. The van der Waals surface area contributed by atoms with E-state index in [2.05, 4.69) is 19.2 Å². The molecule has 33 heavy (non-hydrogen) atoms. The highest BCUT2D eigenvalue weighted by molar-refractivity contribution is 6.07. The van der Waals surface area contributed by atoms with Crippen molar-refractivity contribution in [3.05, 3.63) is 65.2 Å². The lowest BCUT2D eigenvalue weighted by molar-refractivity contribution is -0.132. The number of hydrogen-bond donors (Lipinski definition) is 2. The Labute approximate surface area is 193 Å². The number of aliphatic hydroxyl groups excluding tert-OH is 1. The van der Waals surface area contributed by atoms with E-state index in [0.717, 1.165) is 10.5 Å². The van der Waals surface area contributed by atoms with Crippen LogP contribution in [0.5, 0.6) is 5.75 Å². The lowest BCUT2D eigenvalue weighted by Gasteiger charge is -2.23. The zero-order valence-electron chi connectivity index (χ0n) is 19.3. The second-order valence-electron chi connectivity index (χ2n) is 8.46. The molecular formula is C25H30N2O6. The number of benzene rings is 2. The van der Waals surface area contributed by atoms with Gasteiger partial charge in [-0.15, -0.1) is 0 Å². The third-order valence-corrected chi connectivity index (χ3v) is 5.63. The first-order valence-corrected chi connectivity index (χ1v) is 11.0. The van der Waals surface area contributed by atoms with Crippen molar-refractivity contribution in [3.8, 4) is 5.75 Å². The molecule has 2 atom stereocenters. The molecule has 176 valence electrons. The molecule has 0 saturated carbocycles. The molecule has 1 saturated heterocycles. The Morgan fingerprint density at radius 1 is 1.09 bits per heavy atom. The number of imide groups is 1. The van der Waals surface area contributed by atoms with Gasteiger partial charge >= 0.3 is 12.0 Å². The van der Waals surface area contributed by atoms with Gasteiger partial charge in [-0.1, -0.05) is 38.1 Å². The predicted molar refractivity (Wildman–Crippen MR) is 122 cm³/mol. The van der Waals surface area contributed by atoms with Crippen LogP contribution >= 0.6 is 0 Å². The lowest BCUT2D eigenvalue weighted by atomic mass is 9.90. The Hall–Kier alpha value is -3.39. The summed E-state index contributed by atoms with van der Waals surface area (Å²) in [5.74, 6) is -0.0599. The Balaban J connectivity index is 1.59. The highest BCUT2D eigenvalue weighted by Gasteiger charge is 2.49. The number of urea groups is 1. The van der Waals surface area contributed by atoms with Crippen LogP contribution in [0.4, 0.5) is 4.79 Å². The topological polar surface area (TPSA) is 105 Å². The lowest BCUT2D eigenvalue weighted by Crippen LogP contribution is -2.42. The molecular weight excluding hydrogens is 424 g/mol. The first-order valence-electron chi connectivity index (χ1n) is 11.0. The summed E-state index contributed by atoms with van der Waals surface area (Å²) in [6, 6.07) is 13.3. The Morgan fingerprint density at radius 2 is 1.73 bits per heavy atom. The minimum atomic E-state index is -1.20. The first kappa shape index (κ1) is 24.3. The van der Waals surface area contributed by atoms with Crippen LogP contribution < -0.4 is 10.1 Å². The summed E-state index contributed by atoms with van der Waals surface area (Å²) in [5, 5.41) is 13.1. The van der Waals surface area contributed by atoms with Gasteiger partial charge in [0.25, 0.3) is 5.91 Å². The van der Waals surface area contributed by atoms with E-state index in [-0.39, 0.29) is 19.8 Å². The number of carbonyl (C=O) groups is 3. The highest BCUT2D eigenvalue weighted by Crippen LogP contribution is 2.30. The normalized spacial score (nSPS) is 18.9. The molecule has 1 aliphatic rings. The number of amides is 3. The highest BCUT2D eigenvalue weighted by atomic mass is 16.5. The van der Waals surface area contributed by atoms with E-state index in [9.17, 15) is 19.5 Å². The van der Waals surface area contributed by atoms with E-state index >= 15 is 0 Å². The van der Waals surface area contributed by atoms with Crippen LogP contribution in [0.1, 0.15) is 55.1 Å². The second kappa shape index (κ2) is 10.0. The fraction of sp³-hybridized carbons (Fsp3) is 0.400. The number of aliphatic hydroxyl groups is 1. The van der Waals surface area contributed by atoms with E-state index in [1.54, 1.807) is 38.1 Å². The van der Waals surface area contributed by atoms with Crippen molar-refractivity contribution in [2.75, 3.05) is 19.8 Å². The molecule has 2 aromatic carbocycles. The third kappa shape index (κ3) is 5.34. The van der Waals surface area contributed by atoms with E-state index in [1.165, 1.54) is 0 Å². The number of hydrogen-bond acceptors (Lipinski definition) is 6. The van der Waals surface area contributed by atoms with E-state index in [4.69, 9.17) is 9.47 Å². The van der Waals surface area contributed by atoms with E-state index in [0.29, 0.717) is 22.8 Å². The zero-order chi connectivity index (χ0) is 24.2. The van der Waals surface area contributed by atoms with E-state index in [1.807, 2.05) is 24.3 Å². The molecule has 8 heteroatoms. The first-order chi connectivity index (χ1) is 15.7. The molecule has 2 aromatic rings. The monoisotopic (exact) mass is 454 g/mol. The molecule has 2 unspecified atom stereocenters. The molecule has 0 spiro atoms. The van der Waals surface area contributed by atoms with Crippen LogP contribution in [0.2, 0.25) is 0 Å². The van der Waals surface area contributed by atoms with Crippen molar-refractivity contribution in [1.82, 2.24) is 10.2 Å². The average molecular weight is 455 g/mol. The van der Waals surface area contributed by atoms with Crippen molar-refractivity contribution < 1.29 is 29.0 Å². The van der Waals surface area contributed by atoms with Gasteiger partial charge in [0, 0.05) is 0 Å². The smallest absolute Gasteiger partial charge is 0.338 e. The molecule has 8 nitrogen and oxygen atoms in total. The van der Waals surface area contributed by atoms with Crippen molar-refractivity contribution in [1.29, 1.82) is 0 Å². The molecule has 0 aliphatic carbocycles. The van der Waals surface area contributed by atoms with Crippen molar-refractivity contribution >= 4 is 17.9 Å². The van der Waals surface area contributed by atoms with Gasteiger partial charge in [0.1, 0.15) is 24.0 Å². The maximum atomic E-state index is 13.1. The van der Waals surface area contributed by atoms with Crippen molar-refractivity contribution in [3.63, 3.8) is 0 Å². The predicted octanol–water partition coefficient (Wildman–Crippen LogP) is 3.19. The largest absolute Gasteiger partial charge is 0.491 e. The molecule has 0 radical (unpaired) electrons. The summed E-state index contributed by atoms with van der Waals surface area (Å²) in [7, 11) is 0. The van der Waals surface area contributed by atoms with Crippen LogP contribution in [0.15, 0.2) is 48.5 Å². The molecule has 0 aromatic heterocycles. The van der Waals surface area contributed by atoms with Gasteiger partial charge in [0.15, 0.2) is 0 Å². The molecule has 0 bridgehead atoms. The van der Waals surface area contributed by atoms with E-state index < -0.39 is 29.6 Å². The zero-order valence-corrected chi connectivity index (χ0v) is 19.3. The third-order valence-electron chi connectivity index (χ3n) is 5.63. The molecule has 1 fully saturated rings. The number of ether oxygens (including phenoxy) is 2. The van der Waals surface area contributed by atoms with Gasteiger partial charge < -0.3 is 19.9 Å². The summed E-state index contributed by atoms with van der Waals surface area (Å²) in [5.41, 5.74) is 1.01. The maximum absolute atomic E-state index is 13.1. The number of β-amino-alcohol motifs (C(OH)–C–C–N with tert-alkyl or cyclic N) is 1. The standard InChI is InChI=1S/C25H30N2O6/c1-5-32-22(29)18-8-12-21(13-9-18)33-15-20(28)14-27-23(30)25(4,26-24(27)31)19-10-6-17(7-11-19)16(2)3/h6-13,16,20,28H,5,14-15H2,1-4H3,(H,26,31). The molecule has 3 rings (SSSR count). The Bertz CT molecular complexity index is 1000. The minimum Gasteiger partial charge on any atom is -0.491 e. The summed E-state index contributed by atoms with van der Waals surface area (Å²) in [4.78, 5) is 38.3. The van der Waals surface area contributed by atoms with Crippen LogP contribution in [-0.4, -0.2) is 53.8 Å². The average Bonchev–Trinajstić information content (AvgIpc) is 3.02. The number of esters is 1. The number of carbonyl (C=O) groups excluding carboxylic acids is 3. The van der Waals surface area contributed by atoms with Crippen LogP contribution in [-0.2, 0) is 15.1 Å². The maximum Gasteiger partial charge on any atom is 0.338 e. The van der Waals surface area contributed by atoms with Crippen molar-refractivity contribution in [2.24, 2.45) is 0 Å². The minimum absolute atomic E-state index is 0.129. The number of nitrogens with one attached hydrogen (secondary N) is 1. The fourth-order valence-corrected chi connectivity index (χ4v) is 3.62. The molecule has 1 heterocycles. The van der Waals surface area contributed by atoms with Crippen LogP contribution in [0.3, 0.4) is 0 Å². The number of rotatable bonds is 9. The second-order valence-corrected chi connectivity index (χ2v) is 8.46. The van der Waals surface area contributed by atoms with Crippen LogP contribution in [0, 0.1) is 0 Å². The quantitative estimate of drug-likeness (QED) is 0.445. The summed E-state index contributed by atoms with van der Waals surface area (Å²) < 4.78 is 10.5. The Morgan fingerprint density at radius 3 is 2.30 bits per heavy atom. The van der Waals surface area contributed by atoms with Gasteiger partial charge in [0.05, 0.1) is 18.7 Å². The summed E-state index contributed by atoms with van der Waals surface area (Å²) in [6.45, 7) is 7.51. The van der Waals surface area contributed by atoms with Gasteiger partial charge in [-0.2, -0.15) is 0 Å². The summed E-state index contributed by atoms with van der Waals surface area (Å²) >= 11 is 0. The molecule has 2 N–H and O–H groups in total. The van der Waals surface area contributed by atoms with Crippen LogP contribution in [0.25, 0.3) is 0 Å². The molecule has 3 amide bonds. The van der Waals surface area contributed by atoms with Gasteiger partial charge in [-0.05, 0) is 55.2 Å². The Kier molecular flexibility index (Phi) is 7.38. The van der Waals surface area contributed by atoms with Gasteiger partial charge in [-0.25, -0.2) is 9.59 Å². The molecule has 1 aliphatic heterocycles. The van der Waals surface area contributed by atoms with Gasteiger partial charge in [-0.3, -0.25) is 9.69 Å². The van der Waals surface area contributed by atoms with Crippen molar-refractivity contribution in [2.45, 2.75) is 45.3 Å². The summed E-state index contributed by atoms with van der Waals surface area (Å²) in [6.07, 6.45) is -1.09. The van der Waals surface area contributed by atoms with Gasteiger partial charge in [0.2, 0.25) is 0 Å². The SMILES string of the molecule is CCOC(=O)c1ccc(OCC(O)CN2C(=O)NC(C)(c3ccc(C(C)C)cc3)C2=O)cc1.